The molecule has 6 nitrogen and oxygen atoms in total. The molecule has 2 aromatic rings. The second-order valence-electron chi connectivity index (χ2n) is 5.42. The zero-order valence-corrected chi connectivity index (χ0v) is 12.8. The van der Waals surface area contributed by atoms with Gasteiger partial charge in [0.2, 0.25) is 0 Å². The lowest BCUT2D eigenvalue weighted by Crippen LogP contribution is -2.37. The smallest absolute Gasteiger partial charge is 0.255 e. The number of amides is 2. The highest BCUT2D eigenvalue weighted by molar-refractivity contribution is 5.95. The molecule has 1 fully saturated rings. The van der Waals surface area contributed by atoms with E-state index in [1.807, 2.05) is 0 Å². The second kappa shape index (κ2) is 7.00. The minimum Gasteiger partial charge on any atom is -0.337 e. The molecule has 0 atom stereocenters. The van der Waals surface area contributed by atoms with Crippen LogP contribution in [0.4, 0.5) is 0 Å². The van der Waals surface area contributed by atoms with E-state index in [1.165, 1.54) is 0 Å². The van der Waals surface area contributed by atoms with E-state index in [0.29, 0.717) is 37.3 Å². The van der Waals surface area contributed by atoms with E-state index in [9.17, 15) is 9.59 Å². The van der Waals surface area contributed by atoms with Gasteiger partial charge in [0.15, 0.2) is 0 Å². The number of aromatic nitrogens is 2. The molecule has 0 N–H and O–H groups in total. The van der Waals surface area contributed by atoms with Crippen molar-refractivity contribution in [1.82, 2.24) is 19.8 Å². The third kappa shape index (κ3) is 3.53. The van der Waals surface area contributed by atoms with Gasteiger partial charge in [0, 0.05) is 56.5 Å². The fraction of sp³-hybridized carbons (Fsp3) is 0.294. The molecule has 3 heterocycles. The van der Waals surface area contributed by atoms with E-state index >= 15 is 0 Å². The Kier molecular flexibility index (Phi) is 4.61. The standard InChI is InChI=1S/C17H18N4O2/c22-16(14-4-7-18-8-5-14)20-9-2-10-21(12-11-20)17(23)15-3-1-6-19-13-15/h1,3-8,13H,2,9-12H2. The van der Waals surface area contributed by atoms with Crippen LogP contribution >= 0.6 is 0 Å². The molecule has 0 saturated carbocycles. The van der Waals surface area contributed by atoms with E-state index in [-0.39, 0.29) is 11.8 Å². The number of hydrogen-bond acceptors (Lipinski definition) is 4. The fourth-order valence-electron chi connectivity index (χ4n) is 2.67. The van der Waals surface area contributed by atoms with Gasteiger partial charge in [-0.1, -0.05) is 0 Å². The van der Waals surface area contributed by atoms with Gasteiger partial charge in [0.1, 0.15) is 0 Å². The monoisotopic (exact) mass is 310 g/mol. The Hall–Kier alpha value is -2.76. The van der Waals surface area contributed by atoms with Gasteiger partial charge in [-0.15, -0.1) is 0 Å². The van der Waals surface area contributed by atoms with Crippen LogP contribution in [0.5, 0.6) is 0 Å². The molecule has 0 aromatic carbocycles. The summed E-state index contributed by atoms with van der Waals surface area (Å²) in [5, 5.41) is 0. The van der Waals surface area contributed by atoms with Gasteiger partial charge >= 0.3 is 0 Å². The number of pyridine rings is 2. The van der Waals surface area contributed by atoms with Crippen molar-refractivity contribution in [2.24, 2.45) is 0 Å². The highest BCUT2D eigenvalue weighted by Crippen LogP contribution is 2.11. The lowest BCUT2D eigenvalue weighted by molar-refractivity contribution is 0.0718. The van der Waals surface area contributed by atoms with Crippen LogP contribution in [0.3, 0.4) is 0 Å². The normalized spacial score (nSPS) is 15.1. The topological polar surface area (TPSA) is 66.4 Å². The highest BCUT2D eigenvalue weighted by atomic mass is 16.2. The number of nitrogens with zero attached hydrogens (tertiary/aromatic N) is 4. The summed E-state index contributed by atoms with van der Waals surface area (Å²) >= 11 is 0. The Bertz CT molecular complexity index is 616. The van der Waals surface area contributed by atoms with Crippen molar-refractivity contribution in [3.05, 3.63) is 60.2 Å². The van der Waals surface area contributed by atoms with Crippen LogP contribution in [0, 0.1) is 0 Å². The summed E-state index contributed by atoms with van der Waals surface area (Å²) in [5.41, 5.74) is 1.22. The number of carbonyl (C=O) groups excluding carboxylic acids is 2. The Morgan fingerprint density at radius 1 is 0.783 bits per heavy atom. The maximum atomic E-state index is 12.5. The van der Waals surface area contributed by atoms with E-state index in [2.05, 4.69) is 9.97 Å². The van der Waals surface area contributed by atoms with Gasteiger partial charge in [-0.25, -0.2) is 0 Å². The minimum absolute atomic E-state index is 0.0110. The predicted octanol–water partition coefficient (Wildman–Crippen LogP) is 1.46. The maximum Gasteiger partial charge on any atom is 0.255 e. The third-order valence-electron chi connectivity index (χ3n) is 3.91. The van der Waals surface area contributed by atoms with Crippen LogP contribution in [0.15, 0.2) is 49.1 Å². The van der Waals surface area contributed by atoms with E-state index in [1.54, 1.807) is 58.9 Å². The van der Waals surface area contributed by atoms with Crippen LogP contribution in [0.1, 0.15) is 27.1 Å². The van der Waals surface area contributed by atoms with Crippen LogP contribution in [-0.4, -0.2) is 57.8 Å². The lowest BCUT2D eigenvalue weighted by Gasteiger charge is -2.22. The van der Waals surface area contributed by atoms with Crippen LogP contribution in [0.2, 0.25) is 0 Å². The average Bonchev–Trinajstić information content (AvgIpc) is 2.88. The Morgan fingerprint density at radius 3 is 2.04 bits per heavy atom. The summed E-state index contributed by atoms with van der Waals surface area (Å²) in [7, 11) is 0. The first kappa shape index (κ1) is 15.1. The molecule has 0 bridgehead atoms. The first-order valence-corrected chi connectivity index (χ1v) is 7.64. The molecule has 0 spiro atoms. The van der Waals surface area contributed by atoms with Gasteiger partial charge < -0.3 is 9.80 Å². The summed E-state index contributed by atoms with van der Waals surface area (Å²) in [6, 6.07) is 6.95. The molecule has 2 aromatic heterocycles. The quantitative estimate of drug-likeness (QED) is 0.842. The largest absolute Gasteiger partial charge is 0.337 e. The SMILES string of the molecule is O=C(c1ccncc1)N1CCCN(C(=O)c2cccnc2)CC1. The predicted molar refractivity (Wildman–Crippen MR) is 84.9 cm³/mol. The van der Waals surface area contributed by atoms with Gasteiger partial charge in [-0.3, -0.25) is 19.6 Å². The van der Waals surface area contributed by atoms with Crippen molar-refractivity contribution >= 4 is 11.8 Å². The maximum absolute atomic E-state index is 12.5. The zero-order valence-electron chi connectivity index (χ0n) is 12.8. The van der Waals surface area contributed by atoms with Gasteiger partial charge in [-0.2, -0.15) is 0 Å². The second-order valence-corrected chi connectivity index (χ2v) is 5.42. The lowest BCUT2D eigenvalue weighted by atomic mass is 10.2. The van der Waals surface area contributed by atoms with Crippen molar-refractivity contribution in [1.29, 1.82) is 0 Å². The van der Waals surface area contributed by atoms with Crippen LogP contribution in [-0.2, 0) is 0 Å². The van der Waals surface area contributed by atoms with Gasteiger partial charge in [0.25, 0.3) is 11.8 Å². The first-order chi connectivity index (χ1) is 11.3. The summed E-state index contributed by atoms with van der Waals surface area (Å²) in [4.78, 5) is 36.5. The van der Waals surface area contributed by atoms with E-state index in [0.717, 1.165) is 6.42 Å². The third-order valence-corrected chi connectivity index (χ3v) is 3.91. The minimum atomic E-state index is -0.0312. The summed E-state index contributed by atoms with van der Waals surface area (Å²) in [5.74, 6) is -0.0422. The highest BCUT2D eigenvalue weighted by Gasteiger charge is 2.23. The molecule has 2 amide bonds. The summed E-state index contributed by atoms with van der Waals surface area (Å²) in [6.07, 6.45) is 7.22. The molecule has 0 radical (unpaired) electrons. The Balaban J connectivity index is 1.66. The fourth-order valence-corrected chi connectivity index (χ4v) is 2.67. The molecule has 0 unspecified atom stereocenters. The Labute approximate surface area is 134 Å². The summed E-state index contributed by atoms with van der Waals surface area (Å²) < 4.78 is 0. The van der Waals surface area contributed by atoms with Crippen molar-refractivity contribution in [2.45, 2.75) is 6.42 Å². The van der Waals surface area contributed by atoms with Gasteiger partial charge in [0.05, 0.1) is 5.56 Å². The first-order valence-electron chi connectivity index (χ1n) is 7.64. The summed E-state index contributed by atoms with van der Waals surface area (Å²) in [6.45, 7) is 2.36. The Morgan fingerprint density at radius 2 is 1.43 bits per heavy atom. The van der Waals surface area contributed by atoms with Crippen LogP contribution < -0.4 is 0 Å². The molecule has 0 aliphatic carbocycles. The molecule has 3 rings (SSSR count). The van der Waals surface area contributed by atoms with Crippen molar-refractivity contribution in [3.8, 4) is 0 Å². The molecular formula is C17H18N4O2. The van der Waals surface area contributed by atoms with E-state index < -0.39 is 0 Å². The van der Waals surface area contributed by atoms with E-state index in [4.69, 9.17) is 0 Å². The number of rotatable bonds is 2. The van der Waals surface area contributed by atoms with Crippen molar-refractivity contribution in [3.63, 3.8) is 0 Å². The van der Waals surface area contributed by atoms with Crippen molar-refractivity contribution < 1.29 is 9.59 Å². The molecule has 1 saturated heterocycles. The average molecular weight is 310 g/mol. The number of carbonyl (C=O) groups is 2. The number of hydrogen-bond donors (Lipinski definition) is 0. The molecule has 6 heteroatoms. The molecule has 1 aliphatic heterocycles. The van der Waals surface area contributed by atoms with Crippen LogP contribution in [0.25, 0.3) is 0 Å². The van der Waals surface area contributed by atoms with Crippen molar-refractivity contribution in [2.75, 3.05) is 26.2 Å². The zero-order chi connectivity index (χ0) is 16.1. The molecule has 23 heavy (non-hydrogen) atoms. The molecular weight excluding hydrogens is 292 g/mol. The molecule has 118 valence electrons. The molecule has 1 aliphatic rings. The van der Waals surface area contributed by atoms with Gasteiger partial charge in [-0.05, 0) is 30.7 Å².